The van der Waals surface area contributed by atoms with Gasteiger partial charge in [0, 0.05) is 36.3 Å². The number of hydrogen-bond donors (Lipinski definition) is 1. The lowest BCUT2D eigenvalue weighted by atomic mass is 10.0. The molecule has 2 aromatic heterocycles. The van der Waals surface area contributed by atoms with Crippen LogP contribution in [0.25, 0.3) is 11.1 Å². The van der Waals surface area contributed by atoms with Crippen LogP contribution in [-0.4, -0.2) is 54.4 Å². The molecule has 1 N–H and O–H groups in total. The number of anilines is 1. The molecule has 0 saturated carbocycles. The van der Waals surface area contributed by atoms with Crippen molar-refractivity contribution in [3.63, 3.8) is 0 Å². The van der Waals surface area contributed by atoms with Gasteiger partial charge in [-0.3, -0.25) is 14.4 Å². The van der Waals surface area contributed by atoms with E-state index in [0.717, 1.165) is 16.9 Å². The number of nitrogens with zero attached hydrogens (tertiary/aromatic N) is 3. The van der Waals surface area contributed by atoms with E-state index in [1.54, 1.807) is 18.0 Å². The molecule has 30 heavy (non-hydrogen) atoms. The Bertz CT molecular complexity index is 1030. The van der Waals surface area contributed by atoms with Crippen LogP contribution in [0, 0.1) is 0 Å². The Morgan fingerprint density at radius 3 is 2.57 bits per heavy atom. The molecule has 0 bridgehead atoms. The molecule has 0 saturated heterocycles. The fourth-order valence-electron chi connectivity index (χ4n) is 3.07. The quantitative estimate of drug-likeness (QED) is 0.555. The average Bonchev–Trinajstić information content (AvgIpc) is 3.33. The third kappa shape index (κ3) is 5.05. The van der Waals surface area contributed by atoms with Crippen molar-refractivity contribution >= 4 is 28.2 Å². The number of rotatable bonds is 8. The minimum Gasteiger partial charge on any atom is -0.497 e. The Balaban J connectivity index is 1.75. The summed E-state index contributed by atoms with van der Waals surface area (Å²) >= 11 is 1.29. The summed E-state index contributed by atoms with van der Waals surface area (Å²) in [5, 5.41) is 9.28. The molecule has 9 heteroatoms. The number of carbonyl (C=O) groups is 2. The van der Waals surface area contributed by atoms with Crippen molar-refractivity contribution in [2.24, 2.45) is 7.05 Å². The van der Waals surface area contributed by atoms with Crippen molar-refractivity contribution in [3.8, 4) is 16.9 Å². The van der Waals surface area contributed by atoms with Crippen molar-refractivity contribution in [2.45, 2.75) is 6.54 Å². The van der Waals surface area contributed by atoms with E-state index in [-0.39, 0.29) is 12.5 Å². The summed E-state index contributed by atoms with van der Waals surface area (Å²) < 4.78 is 11.9. The first-order valence-electron chi connectivity index (χ1n) is 9.21. The summed E-state index contributed by atoms with van der Waals surface area (Å²) in [7, 11) is 6.62. The lowest BCUT2D eigenvalue weighted by Gasteiger charge is -2.15. The van der Waals surface area contributed by atoms with Crippen molar-refractivity contribution in [1.29, 1.82) is 0 Å². The molecule has 3 aromatic rings. The van der Waals surface area contributed by atoms with E-state index in [1.807, 2.05) is 54.8 Å². The molecule has 1 aromatic carbocycles. The molecule has 0 aliphatic heterocycles. The van der Waals surface area contributed by atoms with Gasteiger partial charge in [-0.1, -0.05) is 12.1 Å². The molecule has 0 atom stereocenters. The monoisotopic (exact) mass is 428 g/mol. The molecule has 1 amide bonds. The highest BCUT2D eigenvalue weighted by Crippen LogP contribution is 2.36. The maximum Gasteiger partial charge on any atom is 0.341 e. The third-order valence-electron chi connectivity index (χ3n) is 4.46. The minimum absolute atomic E-state index is 0.172. The topological polar surface area (TPSA) is 85.7 Å². The summed E-state index contributed by atoms with van der Waals surface area (Å²) in [5.74, 6) is 0.00883. The zero-order valence-corrected chi connectivity index (χ0v) is 18.2. The Hall–Kier alpha value is -3.17. The number of methoxy groups -OCH3 is 2. The van der Waals surface area contributed by atoms with Crippen LogP contribution in [0.4, 0.5) is 5.00 Å². The first kappa shape index (κ1) is 21.5. The van der Waals surface area contributed by atoms with Crippen molar-refractivity contribution in [3.05, 3.63) is 53.2 Å². The largest absolute Gasteiger partial charge is 0.497 e. The van der Waals surface area contributed by atoms with Crippen LogP contribution in [0.2, 0.25) is 0 Å². The van der Waals surface area contributed by atoms with Crippen LogP contribution in [0.15, 0.2) is 42.0 Å². The number of benzene rings is 1. The Labute approximate surface area is 179 Å². The van der Waals surface area contributed by atoms with Crippen molar-refractivity contribution in [1.82, 2.24) is 14.7 Å². The molecule has 158 valence electrons. The van der Waals surface area contributed by atoms with Crippen molar-refractivity contribution in [2.75, 3.05) is 33.1 Å². The fraction of sp³-hybridized carbons (Fsp3) is 0.286. The maximum absolute atomic E-state index is 12.6. The standard InChI is InChI=1S/C21H24N4O4S/c1-24(10-14-9-22-25(2)11-14)12-18(26)23-20-19(21(27)29-4)17(13-30-20)15-5-7-16(28-3)8-6-15/h5-9,11,13H,10,12H2,1-4H3,(H,23,26). The summed E-state index contributed by atoms with van der Waals surface area (Å²) in [6.45, 7) is 0.762. The SMILES string of the molecule is COC(=O)c1c(-c2ccc(OC)cc2)csc1NC(=O)CN(C)Cc1cnn(C)c1. The van der Waals surface area contributed by atoms with Crippen LogP contribution in [-0.2, 0) is 23.1 Å². The number of carbonyl (C=O) groups excluding carboxylic acids is 2. The number of aromatic nitrogens is 2. The molecule has 0 spiro atoms. The van der Waals surface area contributed by atoms with Gasteiger partial charge >= 0.3 is 5.97 Å². The molecule has 8 nitrogen and oxygen atoms in total. The van der Waals surface area contributed by atoms with Crippen LogP contribution < -0.4 is 10.1 Å². The highest BCUT2D eigenvalue weighted by molar-refractivity contribution is 7.15. The summed E-state index contributed by atoms with van der Waals surface area (Å²) in [6.07, 6.45) is 3.67. The zero-order valence-electron chi connectivity index (χ0n) is 17.3. The minimum atomic E-state index is -0.499. The van der Waals surface area contributed by atoms with E-state index in [9.17, 15) is 9.59 Å². The highest BCUT2D eigenvalue weighted by atomic mass is 32.1. The molecular weight excluding hydrogens is 404 g/mol. The number of ether oxygens (including phenoxy) is 2. The summed E-state index contributed by atoms with van der Waals surface area (Å²) in [6, 6.07) is 7.36. The first-order valence-corrected chi connectivity index (χ1v) is 10.1. The van der Waals surface area contributed by atoms with Gasteiger partial charge in [-0.25, -0.2) is 4.79 Å². The highest BCUT2D eigenvalue weighted by Gasteiger charge is 2.22. The van der Waals surface area contributed by atoms with E-state index < -0.39 is 5.97 Å². The van der Waals surface area contributed by atoms with E-state index in [2.05, 4.69) is 10.4 Å². The lowest BCUT2D eigenvalue weighted by Crippen LogP contribution is -2.30. The van der Waals surface area contributed by atoms with Crippen LogP contribution >= 0.6 is 11.3 Å². The Kier molecular flexibility index (Phi) is 6.86. The van der Waals surface area contributed by atoms with Crippen LogP contribution in [0.3, 0.4) is 0 Å². The smallest absolute Gasteiger partial charge is 0.341 e. The van der Waals surface area contributed by atoms with Gasteiger partial charge in [-0.05, 0) is 24.7 Å². The molecule has 3 rings (SSSR count). The molecular formula is C21H24N4O4S. The predicted octanol–water partition coefficient (Wildman–Crippen LogP) is 3.01. The number of aryl methyl sites for hydroxylation is 1. The average molecular weight is 429 g/mol. The molecule has 0 radical (unpaired) electrons. The molecule has 0 aliphatic rings. The van der Waals surface area contributed by atoms with Crippen LogP contribution in [0.1, 0.15) is 15.9 Å². The number of thiophene rings is 1. The van der Waals surface area contributed by atoms with E-state index in [1.165, 1.54) is 18.4 Å². The van der Waals surface area contributed by atoms with Crippen LogP contribution in [0.5, 0.6) is 5.75 Å². The second-order valence-corrected chi connectivity index (χ2v) is 7.70. The molecule has 0 unspecified atom stereocenters. The molecule has 0 aliphatic carbocycles. The fourth-order valence-corrected chi connectivity index (χ4v) is 4.04. The number of hydrogen-bond acceptors (Lipinski definition) is 7. The third-order valence-corrected chi connectivity index (χ3v) is 5.35. The van der Waals surface area contributed by atoms with E-state index >= 15 is 0 Å². The summed E-state index contributed by atoms with van der Waals surface area (Å²) in [5.41, 5.74) is 2.90. The first-order chi connectivity index (χ1) is 14.4. The van der Waals surface area contributed by atoms with Gasteiger partial charge in [0.1, 0.15) is 16.3 Å². The number of likely N-dealkylation sites (N-methyl/N-ethyl adjacent to an activating group) is 1. The van der Waals surface area contributed by atoms with Gasteiger partial charge in [0.05, 0.1) is 27.0 Å². The molecule has 0 fully saturated rings. The summed E-state index contributed by atoms with van der Waals surface area (Å²) in [4.78, 5) is 26.9. The second-order valence-electron chi connectivity index (χ2n) is 6.82. The Morgan fingerprint density at radius 1 is 1.23 bits per heavy atom. The van der Waals surface area contributed by atoms with Gasteiger partial charge in [0.15, 0.2) is 0 Å². The van der Waals surface area contributed by atoms with E-state index in [0.29, 0.717) is 22.7 Å². The predicted molar refractivity (Wildman–Crippen MR) is 116 cm³/mol. The van der Waals surface area contributed by atoms with Crippen molar-refractivity contribution < 1.29 is 19.1 Å². The number of esters is 1. The normalized spacial score (nSPS) is 10.8. The zero-order chi connectivity index (χ0) is 21.7. The van der Waals surface area contributed by atoms with Gasteiger partial charge in [0.25, 0.3) is 0 Å². The molecule has 2 heterocycles. The van der Waals surface area contributed by atoms with Gasteiger partial charge in [-0.15, -0.1) is 11.3 Å². The van der Waals surface area contributed by atoms with Gasteiger partial charge in [0.2, 0.25) is 5.91 Å². The van der Waals surface area contributed by atoms with Gasteiger partial charge < -0.3 is 14.8 Å². The van der Waals surface area contributed by atoms with E-state index in [4.69, 9.17) is 9.47 Å². The second kappa shape index (κ2) is 9.55. The lowest BCUT2D eigenvalue weighted by molar-refractivity contribution is -0.117. The number of amides is 1. The number of nitrogens with one attached hydrogen (secondary N) is 1. The Morgan fingerprint density at radius 2 is 1.97 bits per heavy atom. The van der Waals surface area contributed by atoms with Gasteiger partial charge in [-0.2, -0.15) is 5.10 Å². The maximum atomic E-state index is 12.6.